The van der Waals surface area contributed by atoms with Gasteiger partial charge in [-0.2, -0.15) is 0 Å². The van der Waals surface area contributed by atoms with Crippen LogP contribution in [-0.4, -0.2) is 41.1 Å². The van der Waals surface area contributed by atoms with Crippen LogP contribution in [0.1, 0.15) is 27.7 Å². The van der Waals surface area contributed by atoms with Crippen molar-refractivity contribution in [3.63, 3.8) is 0 Å². The van der Waals surface area contributed by atoms with Crippen LogP contribution in [0.15, 0.2) is 0 Å². The molecule has 88 valence electrons. The molecule has 1 amide bonds. The highest BCUT2D eigenvalue weighted by Crippen LogP contribution is 2.16. The van der Waals surface area contributed by atoms with Gasteiger partial charge in [-0.15, -0.1) is 0 Å². The SMILES string of the molecule is CCOC(=O)C(C)SC(=O)N(CC)CC. The minimum atomic E-state index is -0.432. The summed E-state index contributed by atoms with van der Waals surface area (Å²) < 4.78 is 4.82. The third-order valence-electron chi connectivity index (χ3n) is 1.92. The lowest BCUT2D eigenvalue weighted by Crippen LogP contribution is -2.30. The second-order valence-electron chi connectivity index (χ2n) is 2.95. The van der Waals surface area contributed by atoms with Gasteiger partial charge in [0.05, 0.1) is 6.61 Å². The molecule has 0 heterocycles. The molecule has 0 saturated carbocycles. The van der Waals surface area contributed by atoms with Crippen molar-refractivity contribution >= 4 is 23.0 Å². The summed E-state index contributed by atoms with van der Waals surface area (Å²) in [5.41, 5.74) is 0. The van der Waals surface area contributed by atoms with Crippen molar-refractivity contribution in [2.45, 2.75) is 32.9 Å². The van der Waals surface area contributed by atoms with E-state index < -0.39 is 5.25 Å². The normalized spacial score (nSPS) is 12.0. The number of amides is 1. The molecule has 0 aromatic heterocycles. The Bertz CT molecular complexity index is 217. The molecule has 1 atom stereocenters. The quantitative estimate of drug-likeness (QED) is 0.682. The smallest absolute Gasteiger partial charge is 0.319 e. The molecule has 0 aliphatic carbocycles. The Labute approximate surface area is 95.3 Å². The number of thioether (sulfide) groups is 1. The number of carbonyl (C=O) groups is 2. The van der Waals surface area contributed by atoms with Gasteiger partial charge in [0.1, 0.15) is 5.25 Å². The summed E-state index contributed by atoms with van der Waals surface area (Å²) in [6.07, 6.45) is 0. The van der Waals surface area contributed by atoms with Gasteiger partial charge in [0, 0.05) is 13.1 Å². The Hall–Kier alpha value is -0.710. The van der Waals surface area contributed by atoms with Crippen LogP contribution in [0.2, 0.25) is 0 Å². The van der Waals surface area contributed by atoms with E-state index in [9.17, 15) is 9.59 Å². The predicted octanol–water partition coefficient (Wildman–Crippen LogP) is 2.13. The van der Waals surface area contributed by atoms with Crippen LogP contribution in [0, 0.1) is 0 Å². The van der Waals surface area contributed by atoms with Crippen molar-refractivity contribution < 1.29 is 14.3 Å². The fourth-order valence-electron chi connectivity index (χ4n) is 1.02. The Kier molecular flexibility index (Phi) is 7.21. The molecule has 0 fully saturated rings. The van der Waals surface area contributed by atoms with Gasteiger partial charge in [-0.3, -0.25) is 9.59 Å². The van der Waals surface area contributed by atoms with Gasteiger partial charge in [0.25, 0.3) is 5.24 Å². The van der Waals surface area contributed by atoms with Crippen molar-refractivity contribution in [2.24, 2.45) is 0 Å². The Balaban J connectivity index is 4.10. The molecule has 1 unspecified atom stereocenters. The van der Waals surface area contributed by atoms with Crippen molar-refractivity contribution in [1.29, 1.82) is 0 Å². The number of nitrogens with zero attached hydrogens (tertiary/aromatic N) is 1. The predicted molar refractivity (Wildman–Crippen MR) is 62.0 cm³/mol. The Morgan fingerprint density at radius 3 is 2.20 bits per heavy atom. The molecule has 4 nitrogen and oxygen atoms in total. The maximum absolute atomic E-state index is 11.6. The number of carbonyl (C=O) groups excluding carboxylic acids is 2. The first-order valence-corrected chi connectivity index (χ1v) is 6.06. The second-order valence-corrected chi connectivity index (χ2v) is 4.24. The van der Waals surface area contributed by atoms with E-state index >= 15 is 0 Å². The van der Waals surface area contributed by atoms with Crippen LogP contribution in [-0.2, 0) is 9.53 Å². The molecular weight excluding hydrogens is 214 g/mol. The summed E-state index contributed by atoms with van der Waals surface area (Å²) in [4.78, 5) is 24.6. The van der Waals surface area contributed by atoms with Gasteiger partial charge in [-0.1, -0.05) is 0 Å². The van der Waals surface area contributed by atoms with E-state index in [0.29, 0.717) is 19.7 Å². The average Bonchev–Trinajstić information content (AvgIpc) is 2.19. The molecular formula is C10H19NO3S. The van der Waals surface area contributed by atoms with E-state index in [2.05, 4.69) is 0 Å². The van der Waals surface area contributed by atoms with E-state index in [1.54, 1.807) is 18.7 Å². The zero-order valence-corrected chi connectivity index (χ0v) is 10.6. The monoisotopic (exact) mass is 233 g/mol. The fourth-order valence-corrected chi connectivity index (χ4v) is 1.89. The summed E-state index contributed by atoms with van der Waals surface area (Å²) >= 11 is 1.02. The molecule has 0 saturated heterocycles. The molecule has 0 aromatic carbocycles. The minimum absolute atomic E-state index is 0.0689. The summed E-state index contributed by atoms with van der Waals surface area (Å²) in [6, 6.07) is 0. The van der Waals surface area contributed by atoms with Gasteiger partial charge in [0.15, 0.2) is 0 Å². The maximum atomic E-state index is 11.6. The maximum Gasteiger partial charge on any atom is 0.319 e. The standard InChI is InChI=1S/C10H19NO3S/c1-5-11(6-2)10(13)15-8(4)9(12)14-7-3/h8H,5-7H2,1-4H3. The van der Waals surface area contributed by atoms with E-state index in [-0.39, 0.29) is 11.2 Å². The first-order valence-electron chi connectivity index (χ1n) is 5.18. The molecule has 5 heteroatoms. The molecule has 0 aliphatic rings. The molecule has 0 aromatic rings. The first-order chi connectivity index (χ1) is 7.06. The molecule has 0 aliphatic heterocycles. The second kappa shape index (κ2) is 7.56. The van der Waals surface area contributed by atoms with Gasteiger partial charge in [-0.05, 0) is 39.5 Å². The molecule has 0 spiro atoms. The van der Waals surface area contributed by atoms with Crippen molar-refractivity contribution in [1.82, 2.24) is 4.90 Å². The van der Waals surface area contributed by atoms with Crippen LogP contribution in [0.25, 0.3) is 0 Å². The highest BCUT2D eigenvalue weighted by molar-refractivity contribution is 8.14. The van der Waals surface area contributed by atoms with Crippen LogP contribution in [0.5, 0.6) is 0 Å². The summed E-state index contributed by atoms with van der Waals surface area (Å²) in [6.45, 7) is 8.94. The molecule has 0 bridgehead atoms. The van der Waals surface area contributed by atoms with Gasteiger partial charge in [0.2, 0.25) is 0 Å². The third kappa shape index (κ3) is 5.06. The van der Waals surface area contributed by atoms with Gasteiger partial charge >= 0.3 is 5.97 Å². The molecule has 0 N–H and O–H groups in total. The lowest BCUT2D eigenvalue weighted by atomic mass is 10.5. The number of rotatable bonds is 5. The van der Waals surface area contributed by atoms with Crippen LogP contribution in [0.3, 0.4) is 0 Å². The zero-order chi connectivity index (χ0) is 11.8. The topological polar surface area (TPSA) is 46.6 Å². The largest absolute Gasteiger partial charge is 0.465 e. The van der Waals surface area contributed by atoms with E-state index in [4.69, 9.17) is 4.74 Å². The van der Waals surface area contributed by atoms with Gasteiger partial charge in [-0.25, -0.2) is 0 Å². The van der Waals surface area contributed by atoms with E-state index in [1.165, 1.54) is 0 Å². The zero-order valence-electron chi connectivity index (χ0n) is 9.78. The van der Waals surface area contributed by atoms with E-state index in [0.717, 1.165) is 11.8 Å². The number of hydrogen-bond acceptors (Lipinski definition) is 4. The van der Waals surface area contributed by atoms with Crippen molar-refractivity contribution in [3.8, 4) is 0 Å². The molecule has 0 radical (unpaired) electrons. The molecule has 15 heavy (non-hydrogen) atoms. The third-order valence-corrected chi connectivity index (χ3v) is 2.92. The van der Waals surface area contributed by atoms with Crippen molar-refractivity contribution in [2.75, 3.05) is 19.7 Å². The average molecular weight is 233 g/mol. The highest BCUT2D eigenvalue weighted by Gasteiger charge is 2.21. The summed E-state index contributed by atoms with van der Waals surface area (Å²) in [5, 5.41) is -0.501. The van der Waals surface area contributed by atoms with Crippen LogP contribution < -0.4 is 0 Å². The number of esters is 1. The first kappa shape index (κ1) is 14.3. The lowest BCUT2D eigenvalue weighted by molar-refractivity contribution is -0.142. The summed E-state index contributed by atoms with van der Waals surface area (Å²) in [7, 11) is 0. The van der Waals surface area contributed by atoms with Crippen LogP contribution >= 0.6 is 11.8 Å². The molecule has 0 rings (SSSR count). The van der Waals surface area contributed by atoms with E-state index in [1.807, 2.05) is 13.8 Å². The Morgan fingerprint density at radius 1 is 1.27 bits per heavy atom. The minimum Gasteiger partial charge on any atom is -0.465 e. The lowest BCUT2D eigenvalue weighted by Gasteiger charge is -2.19. The number of ether oxygens (including phenoxy) is 1. The van der Waals surface area contributed by atoms with Crippen LogP contribution in [0.4, 0.5) is 4.79 Å². The number of hydrogen-bond donors (Lipinski definition) is 0. The summed E-state index contributed by atoms with van der Waals surface area (Å²) in [5.74, 6) is -0.331. The fraction of sp³-hybridized carbons (Fsp3) is 0.800. The Morgan fingerprint density at radius 2 is 1.80 bits per heavy atom. The van der Waals surface area contributed by atoms with Crippen molar-refractivity contribution in [3.05, 3.63) is 0 Å². The highest BCUT2D eigenvalue weighted by atomic mass is 32.2. The van der Waals surface area contributed by atoms with Gasteiger partial charge < -0.3 is 9.64 Å².